The molecule has 6 nitrogen and oxygen atoms in total. The third kappa shape index (κ3) is 3.31. The lowest BCUT2D eigenvalue weighted by Gasteiger charge is -2.12. The first-order chi connectivity index (χ1) is 9.58. The molecule has 0 spiro atoms. The van der Waals surface area contributed by atoms with E-state index < -0.39 is 11.8 Å². The number of hydrogen-bond donors (Lipinski definition) is 2. The van der Waals surface area contributed by atoms with Crippen molar-refractivity contribution in [2.75, 3.05) is 19.6 Å². The van der Waals surface area contributed by atoms with Gasteiger partial charge in [-0.15, -0.1) is 0 Å². The summed E-state index contributed by atoms with van der Waals surface area (Å²) in [6.45, 7) is 0.613. The average molecular weight is 279 g/mol. The Morgan fingerprint density at radius 1 is 1.30 bits per heavy atom. The van der Waals surface area contributed by atoms with Crippen LogP contribution in [0.25, 0.3) is 0 Å². The first kappa shape index (κ1) is 14.0. The Labute approximate surface area is 114 Å². The summed E-state index contributed by atoms with van der Waals surface area (Å²) in [4.78, 5) is 35.3. The molecule has 7 heteroatoms. The van der Waals surface area contributed by atoms with Crippen molar-refractivity contribution in [3.63, 3.8) is 0 Å². The summed E-state index contributed by atoms with van der Waals surface area (Å²) in [7, 11) is 0. The van der Waals surface area contributed by atoms with E-state index in [1.54, 1.807) is 0 Å². The third-order valence-electron chi connectivity index (χ3n) is 2.89. The minimum atomic E-state index is -0.403. The number of carbonyl (C=O) groups is 3. The summed E-state index contributed by atoms with van der Waals surface area (Å²) in [5.74, 6) is -0.984. The van der Waals surface area contributed by atoms with Crippen LogP contribution >= 0.6 is 0 Å². The SMILES string of the molecule is O=C(NCCCN1C(=O)CNC1=O)c1ccc(F)cc1. The van der Waals surface area contributed by atoms with E-state index in [0.717, 1.165) is 4.90 Å². The van der Waals surface area contributed by atoms with Crippen LogP contribution < -0.4 is 10.6 Å². The largest absolute Gasteiger partial charge is 0.352 e. The molecule has 2 N–H and O–H groups in total. The summed E-state index contributed by atoms with van der Waals surface area (Å²) in [5.41, 5.74) is 0.362. The highest BCUT2D eigenvalue weighted by atomic mass is 19.1. The molecule has 1 aliphatic heterocycles. The minimum Gasteiger partial charge on any atom is -0.352 e. The molecular weight excluding hydrogens is 265 g/mol. The Balaban J connectivity index is 1.73. The number of hydrogen-bond acceptors (Lipinski definition) is 3. The molecule has 106 valence electrons. The number of urea groups is 1. The second-order valence-electron chi connectivity index (χ2n) is 4.32. The molecule has 0 aromatic heterocycles. The highest BCUT2D eigenvalue weighted by molar-refractivity contribution is 6.01. The fourth-order valence-electron chi connectivity index (χ4n) is 1.82. The van der Waals surface area contributed by atoms with Gasteiger partial charge in [0.2, 0.25) is 5.91 Å². The molecular formula is C13H14FN3O3. The smallest absolute Gasteiger partial charge is 0.324 e. The average Bonchev–Trinajstić information content (AvgIpc) is 2.75. The summed E-state index contributed by atoms with van der Waals surface area (Å²) in [5, 5.41) is 5.06. The van der Waals surface area contributed by atoms with Crippen molar-refractivity contribution in [2.24, 2.45) is 0 Å². The van der Waals surface area contributed by atoms with Crippen LogP contribution in [0.4, 0.5) is 9.18 Å². The van der Waals surface area contributed by atoms with Crippen LogP contribution in [-0.2, 0) is 4.79 Å². The Morgan fingerprint density at radius 3 is 2.60 bits per heavy atom. The fraction of sp³-hybridized carbons (Fsp3) is 0.308. The zero-order valence-electron chi connectivity index (χ0n) is 10.7. The maximum atomic E-state index is 12.7. The second-order valence-corrected chi connectivity index (χ2v) is 4.32. The van der Waals surface area contributed by atoms with Crippen LogP contribution in [0.1, 0.15) is 16.8 Å². The number of carbonyl (C=O) groups excluding carboxylic acids is 3. The van der Waals surface area contributed by atoms with Gasteiger partial charge in [0.15, 0.2) is 0 Å². The van der Waals surface area contributed by atoms with Gasteiger partial charge >= 0.3 is 6.03 Å². The van der Waals surface area contributed by atoms with Crippen LogP contribution in [0.5, 0.6) is 0 Å². The van der Waals surface area contributed by atoms with Gasteiger partial charge in [0.1, 0.15) is 5.82 Å². The van der Waals surface area contributed by atoms with E-state index in [0.29, 0.717) is 18.5 Å². The molecule has 1 aromatic carbocycles. The number of amides is 4. The molecule has 0 bridgehead atoms. The number of benzene rings is 1. The van der Waals surface area contributed by atoms with Gasteiger partial charge in [-0.25, -0.2) is 9.18 Å². The van der Waals surface area contributed by atoms with Crippen LogP contribution in [0.3, 0.4) is 0 Å². The molecule has 1 saturated heterocycles. The minimum absolute atomic E-state index is 0.0285. The summed E-state index contributed by atoms with van der Waals surface area (Å²) >= 11 is 0. The Hall–Kier alpha value is -2.44. The quantitative estimate of drug-likeness (QED) is 0.608. The Morgan fingerprint density at radius 2 is 2.00 bits per heavy atom. The lowest BCUT2D eigenvalue weighted by molar-refractivity contribution is -0.125. The van der Waals surface area contributed by atoms with Gasteiger partial charge in [0.25, 0.3) is 5.91 Å². The van der Waals surface area contributed by atoms with Crippen molar-refractivity contribution in [2.45, 2.75) is 6.42 Å². The van der Waals surface area contributed by atoms with E-state index in [1.807, 2.05) is 0 Å². The highest BCUT2D eigenvalue weighted by Crippen LogP contribution is 2.03. The van der Waals surface area contributed by atoms with Crippen molar-refractivity contribution >= 4 is 17.8 Å². The van der Waals surface area contributed by atoms with Gasteiger partial charge in [-0.1, -0.05) is 0 Å². The molecule has 1 aromatic rings. The van der Waals surface area contributed by atoms with Crippen molar-refractivity contribution in [3.8, 4) is 0 Å². The molecule has 1 fully saturated rings. The monoisotopic (exact) mass is 279 g/mol. The fourth-order valence-corrected chi connectivity index (χ4v) is 1.82. The van der Waals surface area contributed by atoms with E-state index in [2.05, 4.69) is 10.6 Å². The lowest BCUT2D eigenvalue weighted by atomic mass is 10.2. The normalized spacial score (nSPS) is 14.3. The molecule has 2 rings (SSSR count). The number of nitrogens with one attached hydrogen (secondary N) is 2. The summed E-state index contributed by atoms with van der Waals surface area (Å²) < 4.78 is 12.7. The van der Waals surface area contributed by atoms with Crippen LogP contribution in [0.2, 0.25) is 0 Å². The van der Waals surface area contributed by atoms with Crippen molar-refractivity contribution in [3.05, 3.63) is 35.6 Å². The van der Waals surface area contributed by atoms with Crippen molar-refractivity contribution in [1.82, 2.24) is 15.5 Å². The van der Waals surface area contributed by atoms with Gasteiger partial charge in [-0.3, -0.25) is 14.5 Å². The van der Waals surface area contributed by atoms with E-state index in [4.69, 9.17) is 0 Å². The zero-order chi connectivity index (χ0) is 14.5. The maximum absolute atomic E-state index is 12.7. The van der Waals surface area contributed by atoms with Crippen LogP contribution in [-0.4, -0.2) is 42.4 Å². The predicted molar refractivity (Wildman–Crippen MR) is 68.5 cm³/mol. The second kappa shape index (κ2) is 6.14. The lowest BCUT2D eigenvalue weighted by Crippen LogP contribution is -2.34. The number of halogens is 1. The molecule has 20 heavy (non-hydrogen) atoms. The number of nitrogens with zero attached hydrogens (tertiary/aromatic N) is 1. The standard InChI is InChI=1S/C13H14FN3O3/c14-10-4-2-9(3-5-10)12(19)15-6-1-7-17-11(18)8-16-13(17)20/h2-5H,1,6-8H2,(H,15,19)(H,16,20). The molecule has 0 aliphatic carbocycles. The first-order valence-electron chi connectivity index (χ1n) is 6.20. The van der Waals surface area contributed by atoms with Crippen molar-refractivity contribution in [1.29, 1.82) is 0 Å². The summed E-state index contributed by atoms with van der Waals surface area (Å²) in [6.07, 6.45) is 0.464. The van der Waals surface area contributed by atoms with Crippen molar-refractivity contribution < 1.29 is 18.8 Å². The molecule has 1 aliphatic rings. The van der Waals surface area contributed by atoms with Gasteiger partial charge in [0.05, 0.1) is 6.54 Å². The van der Waals surface area contributed by atoms with Crippen LogP contribution in [0.15, 0.2) is 24.3 Å². The number of rotatable bonds is 5. The van der Waals surface area contributed by atoms with E-state index in [-0.39, 0.29) is 24.9 Å². The van der Waals surface area contributed by atoms with E-state index in [9.17, 15) is 18.8 Å². The van der Waals surface area contributed by atoms with Crippen LogP contribution in [0, 0.1) is 5.82 Å². The topological polar surface area (TPSA) is 78.5 Å². The van der Waals surface area contributed by atoms with Gasteiger partial charge in [0, 0.05) is 18.7 Å². The molecule has 4 amide bonds. The highest BCUT2D eigenvalue weighted by Gasteiger charge is 2.27. The van der Waals surface area contributed by atoms with E-state index >= 15 is 0 Å². The summed E-state index contributed by atoms with van der Waals surface area (Å²) in [6, 6.07) is 4.80. The molecule has 0 unspecified atom stereocenters. The Bertz CT molecular complexity index is 514. The number of imide groups is 1. The molecule has 0 atom stereocenters. The van der Waals surface area contributed by atoms with Gasteiger partial charge in [-0.05, 0) is 30.7 Å². The molecule has 0 saturated carbocycles. The third-order valence-corrected chi connectivity index (χ3v) is 2.89. The van der Waals surface area contributed by atoms with Gasteiger partial charge in [-0.2, -0.15) is 0 Å². The first-order valence-corrected chi connectivity index (χ1v) is 6.20. The zero-order valence-corrected chi connectivity index (χ0v) is 10.7. The predicted octanol–water partition coefficient (Wildman–Crippen LogP) is 0.497. The molecule has 1 heterocycles. The maximum Gasteiger partial charge on any atom is 0.324 e. The van der Waals surface area contributed by atoms with E-state index in [1.165, 1.54) is 24.3 Å². The Kier molecular flexibility index (Phi) is 4.29. The molecule has 0 radical (unpaired) electrons. The van der Waals surface area contributed by atoms with Gasteiger partial charge < -0.3 is 10.6 Å².